The number of H-pyrrole nitrogens is 1. The molecular weight excluding hydrogens is 400 g/mol. The number of hydrogen-bond acceptors (Lipinski definition) is 4. The molecule has 0 fully saturated rings. The summed E-state index contributed by atoms with van der Waals surface area (Å²) in [4.78, 5) is 20.6. The van der Waals surface area contributed by atoms with Crippen LogP contribution in [-0.4, -0.2) is 29.2 Å². The molecule has 0 saturated carbocycles. The van der Waals surface area contributed by atoms with Crippen LogP contribution in [-0.2, 0) is 0 Å². The van der Waals surface area contributed by atoms with Crippen molar-refractivity contribution >= 4 is 33.9 Å². The highest BCUT2D eigenvalue weighted by atomic mass is 16.5. The quantitative estimate of drug-likeness (QED) is 0.305. The second-order valence-corrected chi connectivity index (χ2v) is 7.29. The van der Waals surface area contributed by atoms with Crippen molar-refractivity contribution in [3.8, 4) is 17.1 Å². The van der Waals surface area contributed by atoms with Crippen molar-refractivity contribution in [2.24, 2.45) is 5.10 Å². The molecule has 2 N–H and O–H groups in total. The van der Waals surface area contributed by atoms with Gasteiger partial charge in [0.15, 0.2) is 0 Å². The number of hydrogen-bond donors (Lipinski definition) is 2. The van der Waals surface area contributed by atoms with Crippen molar-refractivity contribution in [2.45, 2.75) is 0 Å². The molecule has 32 heavy (non-hydrogen) atoms. The maximum absolute atomic E-state index is 12.7. The zero-order chi connectivity index (χ0) is 21.9. The molecule has 5 aromatic rings. The topological polar surface area (TPSA) is 79.4 Å². The Bertz CT molecular complexity index is 1460. The maximum atomic E-state index is 12.7. The van der Waals surface area contributed by atoms with E-state index in [2.05, 4.69) is 20.5 Å². The Morgan fingerprint density at radius 1 is 1.00 bits per heavy atom. The molecule has 0 atom stereocenters. The summed E-state index contributed by atoms with van der Waals surface area (Å²) in [6.07, 6.45) is 1.61. The van der Waals surface area contributed by atoms with E-state index in [4.69, 9.17) is 4.74 Å². The Morgan fingerprint density at radius 3 is 2.66 bits per heavy atom. The second-order valence-electron chi connectivity index (χ2n) is 7.29. The lowest BCUT2D eigenvalue weighted by atomic mass is 10.0. The minimum absolute atomic E-state index is 0.307. The number of imidazole rings is 1. The summed E-state index contributed by atoms with van der Waals surface area (Å²) in [6.45, 7) is 0. The fourth-order valence-corrected chi connectivity index (χ4v) is 3.69. The van der Waals surface area contributed by atoms with Gasteiger partial charge in [-0.25, -0.2) is 10.4 Å². The zero-order valence-electron chi connectivity index (χ0n) is 17.4. The number of fused-ring (bicyclic) bond motifs is 2. The minimum Gasteiger partial charge on any atom is -0.496 e. The predicted octanol–water partition coefficient (Wildman–Crippen LogP) is 5.16. The monoisotopic (exact) mass is 420 g/mol. The van der Waals surface area contributed by atoms with E-state index in [9.17, 15) is 4.79 Å². The highest BCUT2D eigenvalue weighted by Crippen LogP contribution is 2.26. The van der Waals surface area contributed by atoms with Gasteiger partial charge in [0.2, 0.25) is 0 Å². The number of benzene rings is 4. The average Bonchev–Trinajstić information content (AvgIpc) is 3.28. The van der Waals surface area contributed by atoms with Crippen LogP contribution >= 0.6 is 0 Å². The lowest BCUT2D eigenvalue weighted by Gasteiger charge is -2.08. The number of hydrazone groups is 1. The van der Waals surface area contributed by atoms with Crippen molar-refractivity contribution in [2.75, 3.05) is 7.11 Å². The van der Waals surface area contributed by atoms with E-state index in [1.54, 1.807) is 25.5 Å². The summed E-state index contributed by atoms with van der Waals surface area (Å²) in [5.41, 5.74) is 6.48. The van der Waals surface area contributed by atoms with Crippen LogP contribution in [0.3, 0.4) is 0 Å². The van der Waals surface area contributed by atoms with Crippen LogP contribution in [0, 0.1) is 0 Å². The number of methoxy groups -OCH3 is 1. The Morgan fingerprint density at radius 2 is 1.81 bits per heavy atom. The van der Waals surface area contributed by atoms with Crippen LogP contribution in [0.5, 0.6) is 5.75 Å². The van der Waals surface area contributed by atoms with Crippen molar-refractivity contribution in [3.05, 3.63) is 96.1 Å². The van der Waals surface area contributed by atoms with Crippen LogP contribution in [0.4, 0.5) is 0 Å². The zero-order valence-corrected chi connectivity index (χ0v) is 17.4. The second kappa shape index (κ2) is 8.35. The lowest BCUT2D eigenvalue weighted by Crippen LogP contribution is -2.17. The van der Waals surface area contributed by atoms with Gasteiger partial charge in [-0.05, 0) is 35.0 Å². The molecule has 0 saturated heterocycles. The third-order valence-corrected chi connectivity index (χ3v) is 5.30. The number of ether oxygens (including phenoxy) is 1. The average molecular weight is 420 g/mol. The lowest BCUT2D eigenvalue weighted by molar-refractivity contribution is 0.0955. The first kappa shape index (κ1) is 19.5. The summed E-state index contributed by atoms with van der Waals surface area (Å²) in [5.74, 6) is 1.14. The molecule has 0 aliphatic rings. The maximum Gasteiger partial charge on any atom is 0.271 e. The SMILES string of the molecule is COc1ccc2ccccc2c1/C=N/NC(=O)c1ccc2nc(-c3ccccc3)[nH]c2c1. The van der Waals surface area contributed by atoms with Gasteiger partial charge < -0.3 is 9.72 Å². The molecule has 0 aliphatic carbocycles. The first-order chi connectivity index (χ1) is 15.7. The number of nitrogens with one attached hydrogen (secondary N) is 2. The third kappa shape index (κ3) is 3.70. The summed E-state index contributed by atoms with van der Waals surface area (Å²) in [5, 5.41) is 6.25. The third-order valence-electron chi connectivity index (χ3n) is 5.30. The first-order valence-electron chi connectivity index (χ1n) is 10.2. The molecular formula is C26H20N4O2. The van der Waals surface area contributed by atoms with E-state index in [1.165, 1.54) is 0 Å². The summed E-state index contributed by atoms with van der Waals surface area (Å²) in [7, 11) is 1.61. The van der Waals surface area contributed by atoms with Crippen LogP contribution in [0.2, 0.25) is 0 Å². The van der Waals surface area contributed by atoms with Crippen molar-refractivity contribution < 1.29 is 9.53 Å². The van der Waals surface area contributed by atoms with Crippen molar-refractivity contribution in [1.82, 2.24) is 15.4 Å². The van der Waals surface area contributed by atoms with Gasteiger partial charge in [0.05, 0.1) is 24.4 Å². The van der Waals surface area contributed by atoms with Crippen molar-refractivity contribution in [3.63, 3.8) is 0 Å². The molecule has 0 spiro atoms. The van der Waals surface area contributed by atoms with E-state index in [1.807, 2.05) is 72.8 Å². The van der Waals surface area contributed by atoms with Gasteiger partial charge in [-0.1, -0.05) is 60.7 Å². The van der Waals surface area contributed by atoms with Crippen molar-refractivity contribution in [1.29, 1.82) is 0 Å². The molecule has 0 bridgehead atoms. The van der Waals surface area contributed by atoms with E-state index < -0.39 is 0 Å². The van der Waals surface area contributed by atoms with E-state index in [0.29, 0.717) is 11.3 Å². The van der Waals surface area contributed by atoms with Crippen LogP contribution in [0.25, 0.3) is 33.2 Å². The smallest absolute Gasteiger partial charge is 0.271 e. The fraction of sp³-hybridized carbons (Fsp3) is 0.0385. The van der Waals surface area contributed by atoms with Gasteiger partial charge in [0.25, 0.3) is 5.91 Å². The molecule has 6 nitrogen and oxygen atoms in total. The Labute approximate surface area is 184 Å². The normalized spacial score (nSPS) is 11.3. The number of rotatable bonds is 5. The number of carbonyl (C=O) groups is 1. The molecule has 0 unspecified atom stereocenters. The van der Waals surface area contributed by atoms with Gasteiger partial charge in [-0.15, -0.1) is 0 Å². The molecule has 156 valence electrons. The predicted molar refractivity (Wildman–Crippen MR) is 127 cm³/mol. The van der Waals surface area contributed by atoms with Crippen LogP contribution in [0.1, 0.15) is 15.9 Å². The Hall–Kier alpha value is -4.45. The molecule has 1 aromatic heterocycles. The van der Waals surface area contributed by atoms with E-state index in [-0.39, 0.29) is 5.91 Å². The molecule has 1 amide bonds. The highest BCUT2D eigenvalue weighted by Gasteiger charge is 2.10. The van der Waals surface area contributed by atoms with Gasteiger partial charge in [0, 0.05) is 16.7 Å². The van der Waals surface area contributed by atoms with Crippen LogP contribution < -0.4 is 10.2 Å². The number of amides is 1. The first-order valence-corrected chi connectivity index (χ1v) is 10.2. The van der Waals surface area contributed by atoms with Gasteiger partial charge in [-0.2, -0.15) is 5.10 Å². The van der Waals surface area contributed by atoms with E-state index in [0.717, 1.165) is 38.8 Å². The Kier molecular flexibility index (Phi) is 5.09. The van der Waals surface area contributed by atoms with Gasteiger partial charge >= 0.3 is 0 Å². The minimum atomic E-state index is -0.307. The highest BCUT2D eigenvalue weighted by molar-refractivity contribution is 6.03. The molecule has 5 rings (SSSR count). The molecule has 6 heteroatoms. The molecule has 1 heterocycles. The number of nitrogens with zero attached hydrogens (tertiary/aromatic N) is 2. The fourth-order valence-electron chi connectivity index (χ4n) is 3.69. The molecule has 0 radical (unpaired) electrons. The van der Waals surface area contributed by atoms with Gasteiger partial charge in [-0.3, -0.25) is 4.79 Å². The standard InChI is InChI=1S/C26H20N4O2/c1-32-24-14-12-17-7-5-6-10-20(17)21(24)16-27-30-26(31)19-11-13-22-23(15-19)29-25(28-22)18-8-3-2-4-9-18/h2-16H,1H3,(H,28,29)(H,30,31)/b27-16+. The molecule has 0 aliphatic heterocycles. The summed E-state index contributed by atoms with van der Waals surface area (Å²) < 4.78 is 5.47. The molecule has 4 aromatic carbocycles. The number of aromatic amines is 1. The van der Waals surface area contributed by atoms with Crippen LogP contribution in [0.15, 0.2) is 90.0 Å². The van der Waals surface area contributed by atoms with Gasteiger partial charge in [0.1, 0.15) is 11.6 Å². The number of carbonyl (C=O) groups excluding carboxylic acids is 1. The number of aromatic nitrogens is 2. The largest absolute Gasteiger partial charge is 0.496 e. The van der Waals surface area contributed by atoms with E-state index >= 15 is 0 Å². The summed E-state index contributed by atoms with van der Waals surface area (Å²) in [6, 6.07) is 27.0. The summed E-state index contributed by atoms with van der Waals surface area (Å²) >= 11 is 0. The Balaban J connectivity index is 1.39.